The van der Waals surface area contributed by atoms with Gasteiger partial charge in [-0.1, -0.05) is 18.2 Å². The summed E-state index contributed by atoms with van der Waals surface area (Å²) in [6, 6.07) is 11.3. The fourth-order valence-electron chi connectivity index (χ4n) is 3.32. The first-order valence-electron chi connectivity index (χ1n) is 8.88. The van der Waals surface area contributed by atoms with Crippen molar-refractivity contribution in [2.75, 3.05) is 26.7 Å². The molecule has 1 N–H and O–H groups in total. The van der Waals surface area contributed by atoms with Gasteiger partial charge >= 0.3 is 0 Å². The van der Waals surface area contributed by atoms with E-state index in [0.717, 1.165) is 22.6 Å². The molecule has 1 aliphatic rings. The van der Waals surface area contributed by atoms with E-state index < -0.39 is 10.0 Å². The van der Waals surface area contributed by atoms with Crippen molar-refractivity contribution in [2.24, 2.45) is 0 Å². The SMILES string of the molecule is COc1ccccc1C1CCN(S(=O)(=O)c2ccc(CCNC(C)=O)s2)C1. The molecule has 1 amide bonds. The van der Waals surface area contributed by atoms with Crippen LogP contribution in [0.3, 0.4) is 0 Å². The molecule has 1 atom stereocenters. The summed E-state index contributed by atoms with van der Waals surface area (Å²) in [5.74, 6) is 0.854. The molecular formula is C19H24N2O4S2. The number of thiophene rings is 1. The molecule has 0 aliphatic carbocycles. The van der Waals surface area contributed by atoms with Gasteiger partial charge in [0.1, 0.15) is 9.96 Å². The largest absolute Gasteiger partial charge is 0.496 e. The average Bonchev–Trinajstić information content (AvgIpc) is 3.31. The lowest BCUT2D eigenvalue weighted by atomic mass is 9.97. The number of sulfonamides is 1. The first-order chi connectivity index (χ1) is 12.9. The molecule has 1 aliphatic heterocycles. The Labute approximate surface area is 164 Å². The van der Waals surface area contributed by atoms with E-state index >= 15 is 0 Å². The Hall–Kier alpha value is -1.90. The molecule has 1 saturated heterocycles. The molecule has 6 nitrogen and oxygen atoms in total. The van der Waals surface area contributed by atoms with Crippen molar-refractivity contribution in [3.05, 3.63) is 46.8 Å². The zero-order valence-electron chi connectivity index (χ0n) is 15.5. The molecule has 0 saturated carbocycles. The summed E-state index contributed by atoms with van der Waals surface area (Å²) < 4.78 is 33.3. The van der Waals surface area contributed by atoms with Gasteiger partial charge in [-0.15, -0.1) is 11.3 Å². The third-order valence-electron chi connectivity index (χ3n) is 4.71. The second-order valence-electron chi connectivity index (χ2n) is 6.54. The van der Waals surface area contributed by atoms with E-state index in [4.69, 9.17) is 4.74 Å². The Balaban J connectivity index is 1.69. The number of carbonyl (C=O) groups is 1. The van der Waals surface area contributed by atoms with E-state index in [0.29, 0.717) is 30.3 Å². The first kappa shape index (κ1) is 19.9. The highest BCUT2D eigenvalue weighted by Gasteiger charge is 2.35. The predicted molar refractivity (Wildman–Crippen MR) is 106 cm³/mol. The van der Waals surface area contributed by atoms with Crippen LogP contribution in [-0.4, -0.2) is 45.4 Å². The number of ether oxygens (including phenoxy) is 1. The van der Waals surface area contributed by atoms with E-state index in [-0.39, 0.29) is 11.8 Å². The van der Waals surface area contributed by atoms with Gasteiger partial charge in [-0.25, -0.2) is 8.42 Å². The standard InChI is InChI=1S/C19H24N2O4S2/c1-14(22)20-11-9-16-7-8-19(26-16)27(23,24)21-12-10-15(13-21)17-5-3-4-6-18(17)25-2/h3-8,15H,9-13H2,1-2H3,(H,20,22). The number of hydrogen-bond donors (Lipinski definition) is 1. The van der Waals surface area contributed by atoms with Crippen molar-refractivity contribution >= 4 is 27.3 Å². The molecule has 0 spiro atoms. The van der Waals surface area contributed by atoms with Gasteiger partial charge in [-0.2, -0.15) is 4.31 Å². The van der Waals surface area contributed by atoms with Crippen LogP contribution in [0.2, 0.25) is 0 Å². The molecule has 146 valence electrons. The van der Waals surface area contributed by atoms with E-state index in [1.165, 1.54) is 18.3 Å². The molecule has 27 heavy (non-hydrogen) atoms. The fourth-order valence-corrected chi connectivity index (χ4v) is 6.33. The van der Waals surface area contributed by atoms with Crippen LogP contribution in [0.4, 0.5) is 0 Å². The third-order valence-corrected chi connectivity index (χ3v) is 8.18. The zero-order valence-corrected chi connectivity index (χ0v) is 17.1. The van der Waals surface area contributed by atoms with Crippen molar-refractivity contribution in [3.8, 4) is 5.75 Å². The molecule has 8 heteroatoms. The lowest BCUT2D eigenvalue weighted by Crippen LogP contribution is -2.28. The van der Waals surface area contributed by atoms with Crippen LogP contribution < -0.4 is 10.1 Å². The van der Waals surface area contributed by atoms with Crippen molar-refractivity contribution in [1.82, 2.24) is 9.62 Å². The lowest BCUT2D eigenvalue weighted by Gasteiger charge is -2.17. The molecule has 1 unspecified atom stereocenters. The number of benzene rings is 1. The number of nitrogens with one attached hydrogen (secondary N) is 1. The lowest BCUT2D eigenvalue weighted by molar-refractivity contribution is -0.118. The van der Waals surface area contributed by atoms with Crippen LogP contribution >= 0.6 is 11.3 Å². The summed E-state index contributed by atoms with van der Waals surface area (Å²) in [7, 11) is -1.86. The fraction of sp³-hybridized carbons (Fsp3) is 0.421. The molecule has 0 bridgehead atoms. The molecule has 0 radical (unpaired) electrons. The molecule has 1 aromatic carbocycles. The van der Waals surface area contributed by atoms with Crippen molar-refractivity contribution in [2.45, 2.75) is 29.9 Å². The highest BCUT2D eigenvalue weighted by molar-refractivity contribution is 7.91. The predicted octanol–water partition coefficient (Wildman–Crippen LogP) is 2.61. The average molecular weight is 409 g/mol. The van der Waals surface area contributed by atoms with E-state index in [2.05, 4.69) is 5.32 Å². The minimum absolute atomic E-state index is 0.0844. The number of para-hydroxylation sites is 1. The van der Waals surface area contributed by atoms with Crippen LogP contribution in [-0.2, 0) is 21.2 Å². The topological polar surface area (TPSA) is 75.7 Å². The van der Waals surface area contributed by atoms with Gasteiger partial charge in [0.2, 0.25) is 5.91 Å². The summed E-state index contributed by atoms with van der Waals surface area (Å²) in [6.07, 6.45) is 1.41. The van der Waals surface area contributed by atoms with E-state index in [9.17, 15) is 13.2 Å². The molecular weight excluding hydrogens is 384 g/mol. The second kappa shape index (κ2) is 8.41. The Kier molecular flexibility index (Phi) is 6.18. The Morgan fingerprint density at radius 2 is 2.07 bits per heavy atom. The molecule has 2 aromatic rings. The molecule has 3 rings (SSSR count). The van der Waals surface area contributed by atoms with E-state index in [1.807, 2.05) is 30.3 Å². The van der Waals surface area contributed by atoms with Gasteiger partial charge in [0, 0.05) is 37.4 Å². The molecule has 1 aromatic heterocycles. The van der Waals surface area contributed by atoms with Crippen LogP contribution in [0.5, 0.6) is 5.75 Å². The maximum Gasteiger partial charge on any atom is 0.252 e. The van der Waals surface area contributed by atoms with Crippen LogP contribution in [0, 0.1) is 0 Å². The summed E-state index contributed by atoms with van der Waals surface area (Å²) in [5, 5.41) is 2.73. The number of rotatable bonds is 7. The van der Waals surface area contributed by atoms with Crippen molar-refractivity contribution in [3.63, 3.8) is 0 Å². The smallest absolute Gasteiger partial charge is 0.252 e. The Bertz CT molecular complexity index is 908. The van der Waals surface area contributed by atoms with Gasteiger partial charge in [-0.3, -0.25) is 4.79 Å². The van der Waals surface area contributed by atoms with E-state index in [1.54, 1.807) is 17.5 Å². The highest BCUT2D eigenvalue weighted by Crippen LogP contribution is 2.36. The Morgan fingerprint density at radius 1 is 1.30 bits per heavy atom. The van der Waals surface area contributed by atoms with Crippen LogP contribution in [0.15, 0.2) is 40.6 Å². The van der Waals surface area contributed by atoms with Crippen molar-refractivity contribution in [1.29, 1.82) is 0 Å². The minimum Gasteiger partial charge on any atom is -0.496 e. The number of nitrogens with zero attached hydrogens (tertiary/aromatic N) is 1. The minimum atomic E-state index is -3.50. The molecule has 2 heterocycles. The molecule has 1 fully saturated rings. The summed E-state index contributed by atoms with van der Waals surface area (Å²) in [5.41, 5.74) is 1.06. The van der Waals surface area contributed by atoms with Gasteiger partial charge < -0.3 is 10.1 Å². The van der Waals surface area contributed by atoms with Crippen molar-refractivity contribution < 1.29 is 17.9 Å². The maximum atomic E-state index is 13.0. The number of carbonyl (C=O) groups excluding carboxylic acids is 1. The number of amides is 1. The van der Waals surface area contributed by atoms with Gasteiger partial charge in [-0.05, 0) is 36.6 Å². The Morgan fingerprint density at radius 3 is 2.81 bits per heavy atom. The first-order valence-corrected chi connectivity index (χ1v) is 11.1. The quantitative estimate of drug-likeness (QED) is 0.764. The number of methoxy groups -OCH3 is 1. The summed E-state index contributed by atoms with van der Waals surface area (Å²) in [4.78, 5) is 11.9. The van der Waals surface area contributed by atoms with Crippen LogP contribution in [0.25, 0.3) is 0 Å². The monoisotopic (exact) mass is 408 g/mol. The number of hydrogen-bond acceptors (Lipinski definition) is 5. The highest BCUT2D eigenvalue weighted by atomic mass is 32.2. The van der Waals surface area contributed by atoms with Gasteiger partial charge in [0.25, 0.3) is 10.0 Å². The van der Waals surface area contributed by atoms with Gasteiger partial charge in [0.15, 0.2) is 0 Å². The second-order valence-corrected chi connectivity index (χ2v) is 9.88. The third kappa shape index (κ3) is 4.51. The summed E-state index contributed by atoms with van der Waals surface area (Å²) in [6.45, 7) is 2.94. The van der Waals surface area contributed by atoms with Gasteiger partial charge in [0.05, 0.1) is 7.11 Å². The zero-order chi connectivity index (χ0) is 19.4. The van der Waals surface area contributed by atoms with Crippen LogP contribution in [0.1, 0.15) is 29.7 Å². The normalized spacial score (nSPS) is 17.8. The maximum absolute atomic E-state index is 13.0. The summed E-state index contributed by atoms with van der Waals surface area (Å²) >= 11 is 1.28.